The molecular weight excluding hydrogens is 190 g/mol. The van der Waals surface area contributed by atoms with Gasteiger partial charge in [-0.2, -0.15) is 0 Å². The molecule has 0 N–H and O–H groups in total. The molecule has 15 heavy (non-hydrogen) atoms. The average Bonchev–Trinajstić information content (AvgIpc) is 2.52. The number of ketones is 2. The predicted octanol–water partition coefficient (Wildman–Crippen LogP) is 1.41. The first kappa shape index (κ1) is 10.8. The van der Waals surface area contributed by atoms with Crippen LogP contribution >= 0.6 is 0 Å². The lowest BCUT2D eigenvalue weighted by Gasteiger charge is -2.35. The highest BCUT2D eigenvalue weighted by Gasteiger charge is 2.42. The Kier molecular flexibility index (Phi) is 2.67. The minimum atomic E-state index is -0.402. The van der Waals surface area contributed by atoms with E-state index in [1.165, 1.54) is 0 Å². The van der Waals surface area contributed by atoms with Crippen LogP contribution in [0.5, 0.6) is 0 Å². The third kappa shape index (κ3) is 2.12. The van der Waals surface area contributed by atoms with Crippen LogP contribution in [0.4, 0.5) is 0 Å². The van der Waals surface area contributed by atoms with Crippen LogP contribution in [-0.2, 0) is 9.59 Å². The average molecular weight is 209 g/mol. The van der Waals surface area contributed by atoms with Crippen molar-refractivity contribution in [1.82, 2.24) is 4.90 Å². The molecule has 0 aromatic rings. The lowest BCUT2D eigenvalue weighted by molar-refractivity contribution is -0.140. The topological polar surface area (TPSA) is 37.4 Å². The second-order valence-corrected chi connectivity index (χ2v) is 5.60. The van der Waals surface area contributed by atoms with Gasteiger partial charge in [0.25, 0.3) is 0 Å². The van der Waals surface area contributed by atoms with Crippen LogP contribution in [0.1, 0.15) is 39.5 Å². The monoisotopic (exact) mass is 209 g/mol. The van der Waals surface area contributed by atoms with Gasteiger partial charge in [0, 0.05) is 12.8 Å². The van der Waals surface area contributed by atoms with Crippen molar-refractivity contribution in [2.75, 3.05) is 13.1 Å². The zero-order chi connectivity index (χ0) is 11.1. The summed E-state index contributed by atoms with van der Waals surface area (Å²) in [6.45, 7) is 5.84. The maximum absolute atomic E-state index is 11.9. The van der Waals surface area contributed by atoms with Gasteiger partial charge in [0.2, 0.25) is 0 Å². The molecule has 0 aromatic carbocycles. The molecule has 1 saturated heterocycles. The lowest BCUT2D eigenvalue weighted by Crippen LogP contribution is -2.51. The van der Waals surface area contributed by atoms with Crippen molar-refractivity contribution in [1.29, 1.82) is 0 Å². The van der Waals surface area contributed by atoms with Gasteiger partial charge in [-0.05, 0) is 31.3 Å². The lowest BCUT2D eigenvalue weighted by atomic mass is 9.74. The molecule has 1 aliphatic heterocycles. The molecule has 0 spiro atoms. The van der Waals surface area contributed by atoms with Crippen molar-refractivity contribution in [2.24, 2.45) is 5.41 Å². The molecular formula is C12H19NO2. The van der Waals surface area contributed by atoms with E-state index in [9.17, 15) is 9.59 Å². The van der Waals surface area contributed by atoms with E-state index in [0.29, 0.717) is 12.8 Å². The number of rotatable bonds is 1. The summed E-state index contributed by atoms with van der Waals surface area (Å²) in [6, 6.07) is -0.402. The summed E-state index contributed by atoms with van der Waals surface area (Å²) < 4.78 is 0. The Labute approximate surface area is 90.8 Å². The molecule has 2 fully saturated rings. The van der Waals surface area contributed by atoms with E-state index >= 15 is 0 Å². The van der Waals surface area contributed by atoms with E-state index < -0.39 is 6.04 Å². The Morgan fingerprint density at radius 1 is 1.07 bits per heavy atom. The molecule has 0 atom stereocenters. The minimum absolute atomic E-state index is 0.121. The summed E-state index contributed by atoms with van der Waals surface area (Å²) in [4.78, 5) is 26.0. The molecule has 1 aliphatic carbocycles. The Morgan fingerprint density at radius 3 is 2.00 bits per heavy atom. The fourth-order valence-corrected chi connectivity index (χ4v) is 2.79. The first-order chi connectivity index (χ1) is 6.99. The Hall–Kier alpha value is -0.700. The zero-order valence-corrected chi connectivity index (χ0v) is 9.58. The van der Waals surface area contributed by atoms with Crippen LogP contribution in [0.25, 0.3) is 0 Å². The SMILES string of the molecule is CC1(C)CC(=O)C(N2CCCC2)C(=O)C1. The van der Waals surface area contributed by atoms with Gasteiger partial charge in [-0.1, -0.05) is 13.8 Å². The number of carbonyl (C=O) groups is 2. The number of likely N-dealkylation sites (tertiary alicyclic amines) is 1. The maximum atomic E-state index is 11.9. The Morgan fingerprint density at radius 2 is 1.53 bits per heavy atom. The Bertz CT molecular complexity index is 270. The van der Waals surface area contributed by atoms with Crippen molar-refractivity contribution in [2.45, 2.75) is 45.6 Å². The maximum Gasteiger partial charge on any atom is 0.158 e. The van der Waals surface area contributed by atoms with Crippen LogP contribution in [0.2, 0.25) is 0 Å². The van der Waals surface area contributed by atoms with Crippen LogP contribution < -0.4 is 0 Å². The smallest absolute Gasteiger partial charge is 0.158 e. The minimum Gasteiger partial charge on any atom is -0.297 e. The van der Waals surface area contributed by atoms with E-state index in [2.05, 4.69) is 4.90 Å². The summed E-state index contributed by atoms with van der Waals surface area (Å²) in [7, 11) is 0. The number of hydrogen-bond acceptors (Lipinski definition) is 3. The zero-order valence-electron chi connectivity index (χ0n) is 9.58. The van der Waals surface area contributed by atoms with E-state index in [0.717, 1.165) is 25.9 Å². The van der Waals surface area contributed by atoms with Crippen LogP contribution in [0.3, 0.4) is 0 Å². The van der Waals surface area contributed by atoms with Crippen LogP contribution in [0.15, 0.2) is 0 Å². The molecule has 3 heteroatoms. The normalized spacial score (nSPS) is 28.7. The van der Waals surface area contributed by atoms with E-state index in [4.69, 9.17) is 0 Å². The highest BCUT2D eigenvalue weighted by Crippen LogP contribution is 2.33. The first-order valence-corrected chi connectivity index (χ1v) is 5.79. The summed E-state index contributed by atoms with van der Waals surface area (Å²) in [6.07, 6.45) is 3.36. The number of carbonyl (C=O) groups excluding carboxylic acids is 2. The highest BCUT2D eigenvalue weighted by molar-refractivity contribution is 6.09. The van der Waals surface area contributed by atoms with Gasteiger partial charge in [-0.25, -0.2) is 0 Å². The molecule has 0 radical (unpaired) electrons. The third-order valence-corrected chi connectivity index (χ3v) is 3.42. The van der Waals surface area contributed by atoms with Crippen LogP contribution in [0, 0.1) is 5.41 Å². The fourth-order valence-electron chi connectivity index (χ4n) is 2.79. The molecule has 0 aromatic heterocycles. The van der Waals surface area contributed by atoms with Crippen molar-refractivity contribution in [3.8, 4) is 0 Å². The summed E-state index contributed by atoms with van der Waals surface area (Å²) >= 11 is 0. The van der Waals surface area contributed by atoms with Gasteiger partial charge in [0.05, 0.1) is 0 Å². The first-order valence-electron chi connectivity index (χ1n) is 5.79. The molecule has 1 saturated carbocycles. The van der Waals surface area contributed by atoms with Gasteiger partial charge < -0.3 is 0 Å². The molecule has 0 bridgehead atoms. The van der Waals surface area contributed by atoms with E-state index in [1.54, 1.807) is 0 Å². The van der Waals surface area contributed by atoms with E-state index in [-0.39, 0.29) is 17.0 Å². The van der Waals surface area contributed by atoms with Gasteiger partial charge in [-0.3, -0.25) is 14.5 Å². The third-order valence-electron chi connectivity index (χ3n) is 3.42. The largest absolute Gasteiger partial charge is 0.297 e. The van der Waals surface area contributed by atoms with Crippen molar-refractivity contribution in [3.63, 3.8) is 0 Å². The summed E-state index contributed by atoms with van der Waals surface area (Å²) in [5.41, 5.74) is -0.121. The molecule has 0 amide bonds. The molecule has 2 rings (SSSR count). The predicted molar refractivity (Wildman–Crippen MR) is 57.6 cm³/mol. The fraction of sp³-hybridized carbons (Fsp3) is 0.833. The van der Waals surface area contributed by atoms with Crippen LogP contribution in [-0.4, -0.2) is 35.6 Å². The van der Waals surface area contributed by atoms with Gasteiger partial charge in [-0.15, -0.1) is 0 Å². The summed E-state index contributed by atoms with van der Waals surface area (Å²) in [5, 5.41) is 0. The number of nitrogens with zero attached hydrogens (tertiary/aromatic N) is 1. The van der Waals surface area contributed by atoms with Gasteiger partial charge in [0.1, 0.15) is 6.04 Å². The van der Waals surface area contributed by atoms with Crippen molar-refractivity contribution < 1.29 is 9.59 Å². The van der Waals surface area contributed by atoms with Gasteiger partial charge >= 0.3 is 0 Å². The van der Waals surface area contributed by atoms with Crippen molar-refractivity contribution >= 4 is 11.6 Å². The number of hydrogen-bond donors (Lipinski definition) is 0. The molecule has 3 nitrogen and oxygen atoms in total. The second-order valence-electron chi connectivity index (χ2n) is 5.60. The molecule has 0 unspecified atom stereocenters. The van der Waals surface area contributed by atoms with Crippen molar-refractivity contribution in [3.05, 3.63) is 0 Å². The molecule has 84 valence electrons. The highest BCUT2D eigenvalue weighted by atomic mass is 16.2. The summed E-state index contributed by atoms with van der Waals surface area (Å²) in [5.74, 6) is 0.274. The standard InChI is InChI=1S/C12H19NO2/c1-12(2)7-9(14)11(10(15)8-12)13-5-3-4-6-13/h11H,3-8H2,1-2H3. The molecule has 2 aliphatic rings. The quantitative estimate of drug-likeness (QED) is 0.613. The van der Waals surface area contributed by atoms with Gasteiger partial charge in [0.15, 0.2) is 11.6 Å². The van der Waals surface area contributed by atoms with E-state index in [1.807, 2.05) is 13.8 Å². The second kappa shape index (κ2) is 3.71. The number of Topliss-reactive ketones (excluding diaryl/α,β-unsaturated/α-hetero) is 2. The Balaban J connectivity index is 2.12. The molecule has 1 heterocycles.